The summed E-state index contributed by atoms with van der Waals surface area (Å²) in [6.45, 7) is 0.334. The Hall–Kier alpha value is -4.33. The summed E-state index contributed by atoms with van der Waals surface area (Å²) in [5.74, 6) is 0.732. The zero-order chi connectivity index (χ0) is 23.2. The molecule has 4 rings (SSSR count). The van der Waals surface area contributed by atoms with Gasteiger partial charge in [0, 0.05) is 6.54 Å². The number of nitrogens with zero attached hydrogens (tertiary/aromatic N) is 1. The summed E-state index contributed by atoms with van der Waals surface area (Å²) in [7, 11) is 1.55. The second-order valence-electron chi connectivity index (χ2n) is 7.41. The van der Waals surface area contributed by atoms with Crippen LogP contribution in [0.2, 0.25) is 0 Å². The highest BCUT2D eigenvalue weighted by Gasteiger charge is 2.11. The minimum absolute atomic E-state index is 0.223. The van der Waals surface area contributed by atoms with Gasteiger partial charge in [-0.25, -0.2) is 4.68 Å². The van der Waals surface area contributed by atoms with Gasteiger partial charge in [-0.3, -0.25) is 19.5 Å². The fourth-order valence-electron chi connectivity index (χ4n) is 3.43. The number of aromatic nitrogens is 2. The number of hydrogen-bond acceptors (Lipinski definition) is 5. The van der Waals surface area contributed by atoms with Crippen molar-refractivity contribution in [1.82, 2.24) is 15.1 Å². The van der Waals surface area contributed by atoms with E-state index in [1.165, 1.54) is 0 Å². The summed E-state index contributed by atoms with van der Waals surface area (Å²) in [6, 6.07) is 21.7. The van der Waals surface area contributed by atoms with Crippen LogP contribution in [0.5, 0.6) is 11.5 Å². The number of methoxy groups -OCH3 is 1. The number of carbonyl (C=O) groups excluding carboxylic acids is 1. The molecular weight excluding hydrogens is 422 g/mol. The van der Waals surface area contributed by atoms with Crippen LogP contribution < -0.4 is 25.9 Å². The lowest BCUT2D eigenvalue weighted by molar-refractivity contribution is -0.122. The topological polar surface area (TPSA) is 102 Å². The summed E-state index contributed by atoms with van der Waals surface area (Å²) in [5, 5.41) is 5.77. The van der Waals surface area contributed by atoms with Gasteiger partial charge in [-0.15, -0.1) is 0 Å². The van der Waals surface area contributed by atoms with E-state index in [1.54, 1.807) is 43.5 Å². The number of amides is 1. The van der Waals surface area contributed by atoms with Gasteiger partial charge in [-0.1, -0.05) is 48.5 Å². The first-order valence-corrected chi connectivity index (χ1v) is 10.4. The number of ether oxygens (including phenoxy) is 2. The summed E-state index contributed by atoms with van der Waals surface area (Å²) in [6.07, 6.45) is 0. The maximum absolute atomic E-state index is 12.6. The van der Waals surface area contributed by atoms with E-state index < -0.39 is 17.0 Å². The first kappa shape index (κ1) is 21.9. The van der Waals surface area contributed by atoms with Crippen molar-refractivity contribution >= 4 is 16.7 Å². The lowest BCUT2D eigenvalue weighted by Gasteiger charge is -2.13. The maximum Gasteiger partial charge on any atom is 0.273 e. The van der Waals surface area contributed by atoms with Crippen LogP contribution >= 0.6 is 0 Å². The molecule has 0 fully saturated rings. The average Bonchev–Trinajstić information content (AvgIpc) is 2.85. The molecule has 0 spiro atoms. The monoisotopic (exact) mass is 445 g/mol. The molecule has 1 heterocycles. The third-order valence-corrected chi connectivity index (χ3v) is 5.14. The lowest BCUT2D eigenvalue weighted by atomic mass is 10.2. The Kier molecular flexibility index (Phi) is 6.54. The van der Waals surface area contributed by atoms with Crippen LogP contribution in [0.15, 0.2) is 82.4 Å². The van der Waals surface area contributed by atoms with Gasteiger partial charge < -0.3 is 14.8 Å². The van der Waals surface area contributed by atoms with Crippen LogP contribution in [0.1, 0.15) is 11.1 Å². The number of rotatable bonds is 8. The van der Waals surface area contributed by atoms with E-state index in [0.717, 1.165) is 15.8 Å². The highest BCUT2D eigenvalue weighted by molar-refractivity contribution is 5.81. The third-order valence-electron chi connectivity index (χ3n) is 5.14. The second-order valence-corrected chi connectivity index (χ2v) is 7.41. The third kappa shape index (κ3) is 5.12. The van der Waals surface area contributed by atoms with E-state index in [4.69, 9.17) is 9.47 Å². The Morgan fingerprint density at radius 3 is 2.39 bits per heavy atom. The number of H-pyrrole nitrogens is 1. The van der Waals surface area contributed by atoms with E-state index in [1.807, 2.05) is 36.4 Å². The van der Waals surface area contributed by atoms with E-state index in [2.05, 4.69) is 10.4 Å². The molecule has 0 radical (unpaired) electrons. The van der Waals surface area contributed by atoms with Gasteiger partial charge in [0.15, 0.2) is 11.5 Å². The fraction of sp³-hybridized carbons (Fsp3) is 0.160. The molecule has 1 amide bonds. The molecule has 0 aliphatic carbocycles. The van der Waals surface area contributed by atoms with Crippen molar-refractivity contribution < 1.29 is 14.3 Å². The van der Waals surface area contributed by atoms with E-state index in [0.29, 0.717) is 23.5 Å². The molecule has 1 aromatic heterocycles. The predicted molar refractivity (Wildman–Crippen MR) is 124 cm³/mol. The molecule has 33 heavy (non-hydrogen) atoms. The van der Waals surface area contributed by atoms with Crippen LogP contribution in [0, 0.1) is 0 Å². The van der Waals surface area contributed by atoms with E-state index >= 15 is 0 Å². The average molecular weight is 445 g/mol. The van der Waals surface area contributed by atoms with Crippen molar-refractivity contribution in [3.05, 3.63) is 105 Å². The molecular formula is C25H23N3O5. The SMILES string of the molecule is COc1cc(CNC(=O)Cn2[nH]c(=O)c3ccccc3c2=O)ccc1OCc1ccccc1. The molecule has 8 nitrogen and oxygen atoms in total. The number of aromatic amines is 1. The lowest BCUT2D eigenvalue weighted by Crippen LogP contribution is -2.36. The minimum Gasteiger partial charge on any atom is -0.493 e. The molecule has 0 saturated heterocycles. The first-order chi connectivity index (χ1) is 16.0. The molecule has 0 aliphatic heterocycles. The standard InChI is InChI=1S/C25H23N3O5/c1-32-22-13-18(11-12-21(22)33-16-17-7-3-2-4-8-17)14-26-23(29)15-28-25(31)20-10-6-5-9-19(20)24(30)27-28/h2-13H,14-16H2,1H3,(H,26,29)(H,27,30). The van der Waals surface area contributed by atoms with Gasteiger partial charge >= 0.3 is 0 Å². The fourth-order valence-corrected chi connectivity index (χ4v) is 3.43. The van der Waals surface area contributed by atoms with Crippen LogP contribution in [-0.2, 0) is 24.5 Å². The van der Waals surface area contributed by atoms with Crippen LogP contribution in [0.25, 0.3) is 10.8 Å². The Bertz CT molecular complexity index is 1390. The number of fused-ring (bicyclic) bond motifs is 1. The minimum atomic E-state index is -0.429. The Labute approximate surface area is 189 Å². The van der Waals surface area contributed by atoms with Crippen LogP contribution in [0.3, 0.4) is 0 Å². The quantitative estimate of drug-likeness (QED) is 0.434. The second kappa shape index (κ2) is 9.86. The van der Waals surface area contributed by atoms with Crippen LogP contribution in [-0.4, -0.2) is 22.8 Å². The summed E-state index contributed by atoms with van der Waals surface area (Å²) in [4.78, 5) is 37.2. The van der Waals surface area contributed by atoms with Crippen molar-refractivity contribution in [2.24, 2.45) is 0 Å². The van der Waals surface area contributed by atoms with Gasteiger partial charge in [0.1, 0.15) is 13.2 Å². The molecule has 0 saturated carbocycles. The van der Waals surface area contributed by atoms with Crippen molar-refractivity contribution in [2.45, 2.75) is 19.7 Å². The molecule has 0 aliphatic rings. The molecule has 8 heteroatoms. The van der Waals surface area contributed by atoms with Crippen molar-refractivity contribution in [1.29, 1.82) is 0 Å². The Balaban J connectivity index is 1.40. The number of benzene rings is 3. The molecule has 2 N–H and O–H groups in total. The molecule has 3 aromatic carbocycles. The summed E-state index contributed by atoms with van der Waals surface area (Å²) >= 11 is 0. The molecule has 0 unspecified atom stereocenters. The summed E-state index contributed by atoms with van der Waals surface area (Å²) in [5.41, 5.74) is 0.986. The maximum atomic E-state index is 12.6. The predicted octanol–water partition coefficient (Wildman–Crippen LogP) is 2.59. The van der Waals surface area contributed by atoms with Gasteiger partial charge in [0.05, 0.1) is 17.9 Å². The van der Waals surface area contributed by atoms with Crippen LogP contribution in [0.4, 0.5) is 0 Å². The highest BCUT2D eigenvalue weighted by atomic mass is 16.5. The van der Waals surface area contributed by atoms with Gasteiger partial charge in [-0.05, 0) is 35.4 Å². The van der Waals surface area contributed by atoms with Crippen molar-refractivity contribution in [3.8, 4) is 11.5 Å². The highest BCUT2D eigenvalue weighted by Crippen LogP contribution is 2.28. The van der Waals surface area contributed by atoms with Crippen molar-refractivity contribution in [2.75, 3.05) is 7.11 Å². The first-order valence-electron chi connectivity index (χ1n) is 10.4. The van der Waals surface area contributed by atoms with Gasteiger partial charge in [0.25, 0.3) is 11.1 Å². The van der Waals surface area contributed by atoms with Gasteiger partial charge in [0.2, 0.25) is 5.91 Å². The van der Waals surface area contributed by atoms with E-state index in [9.17, 15) is 14.4 Å². The molecule has 168 valence electrons. The molecule has 0 bridgehead atoms. The Morgan fingerprint density at radius 1 is 0.909 bits per heavy atom. The van der Waals surface area contributed by atoms with Crippen molar-refractivity contribution in [3.63, 3.8) is 0 Å². The molecule has 4 aromatic rings. The zero-order valence-electron chi connectivity index (χ0n) is 18.0. The van der Waals surface area contributed by atoms with Gasteiger partial charge in [-0.2, -0.15) is 0 Å². The van der Waals surface area contributed by atoms with E-state index in [-0.39, 0.29) is 18.5 Å². The normalized spacial score (nSPS) is 10.7. The number of nitrogens with one attached hydrogen (secondary N) is 2. The number of hydrogen-bond donors (Lipinski definition) is 2. The Morgan fingerprint density at radius 2 is 1.64 bits per heavy atom. The zero-order valence-corrected chi connectivity index (χ0v) is 18.0. The largest absolute Gasteiger partial charge is 0.493 e. The number of carbonyl (C=O) groups is 1. The molecule has 0 atom stereocenters. The summed E-state index contributed by atoms with van der Waals surface area (Å²) < 4.78 is 12.3. The smallest absolute Gasteiger partial charge is 0.273 e.